The Morgan fingerprint density at radius 1 is 0.833 bits per heavy atom. The molecule has 0 unspecified atom stereocenters. The summed E-state index contributed by atoms with van der Waals surface area (Å²) >= 11 is 0. The maximum Gasteiger partial charge on any atom is 0.272 e. The van der Waals surface area contributed by atoms with Gasteiger partial charge in [-0.1, -0.05) is 0 Å². The summed E-state index contributed by atoms with van der Waals surface area (Å²) in [6, 6.07) is 10.8. The Balaban J connectivity index is 1.40. The number of nitrogens with one attached hydrogen (secondary N) is 1. The van der Waals surface area contributed by atoms with Crippen molar-refractivity contribution in [1.82, 2.24) is 0 Å². The molecule has 1 saturated heterocycles. The Kier molecular flexibility index (Phi) is 6.77. The van der Waals surface area contributed by atoms with Crippen LogP contribution in [0.5, 0.6) is 0 Å². The number of rotatable bonds is 5. The van der Waals surface area contributed by atoms with Crippen molar-refractivity contribution in [2.45, 2.75) is 6.92 Å². The fraction of sp³-hybridized carbons (Fsp3) is 0.208. The third-order valence-corrected chi connectivity index (χ3v) is 5.93. The van der Waals surface area contributed by atoms with Crippen LogP contribution in [0.2, 0.25) is 0 Å². The summed E-state index contributed by atoms with van der Waals surface area (Å²) in [6.07, 6.45) is 0. The number of aryl methyl sites for hydroxylation is 1. The summed E-state index contributed by atoms with van der Waals surface area (Å²) in [7, 11) is 0. The highest BCUT2D eigenvalue weighted by molar-refractivity contribution is 6.04. The molecule has 0 bridgehead atoms. The SMILES string of the molecule is Cc1cc(C(=O)Nc2ccc(N3CCN(c4c(F)c(F)c(F)c(F)c4F)CC3)cc2)ccc1[N+](=O)[O-]. The highest BCUT2D eigenvalue weighted by Gasteiger charge is 2.30. The van der Waals surface area contributed by atoms with E-state index in [2.05, 4.69) is 5.32 Å². The second kappa shape index (κ2) is 9.80. The molecule has 7 nitrogen and oxygen atoms in total. The van der Waals surface area contributed by atoms with E-state index in [4.69, 9.17) is 0 Å². The van der Waals surface area contributed by atoms with Gasteiger partial charge in [-0.25, -0.2) is 22.0 Å². The number of halogens is 5. The van der Waals surface area contributed by atoms with Crippen LogP contribution in [0.3, 0.4) is 0 Å². The number of carbonyl (C=O) groups is 1. The minimum absolute atomic E-state index is 0.0241. The standard InChI is InChI=1S/C24H19F5N4O3/c1-13-12-14(2-7-17(13)33(35)36)24(34)30-15-3-5-16(6-4-15)31-8-10-32(11-9-31)23-21(28)19(26)18(25)20(27)22(23)29/h2-7,12H,8-11H2,1H3,(H,30,34). The average Bonchev–Trinajstić information content (AvgIpc) is 2.87. The number of anilines is 3. The van der Waals surface area contributed by atoms with Crippen molar-refractivity contribution >= 4 is 28.7 Å². The fourth-order valence-corrected chi connectivity index (χ4v) is 4.02. The Hall–Kier alpha value is -4.22. The number of piperazine rings is 1. The largest absolute Gasteiger partial charge is 0.368 e. The summed E-state index contributed by atoms with van der Waals surface area (Å²) in [5, 5.41) is 13.6. The summed E-state index contributed by atoms with van der Waals surface area (Å²) in [5.74, 6) is -10.3. The molecule has 0 saturated carbocycles. The molecule has 0 radical (unpaired) electrons. The second-order valence-corrected chi connectivity index (χ2v) is 8.15. The number of hydrogen-bond donors (Lipinski definition) is 1. The lowest BCUT2D eigenvalue weighted by molar-refractivity contribution is -0.385. The van der Waals surface area contributed by atoms with Crippen LogP contribution in [0.15, 0.2) is 42.5 Å². The number of carbonyl (C=O) groups excluding carboxylic acids is 1. The van der Waals surface area contributed by atoms with Gasteiger partial charge < -0.3 is 15.1 Å². The highest BCUT2D eigenvalue weighted by Crippen LogP contribution is 2.31. The van der Waals surface area contributed by atoms with Crippen molar-refractivity contribution in [2.24, 2.45) is 0 Å². The molecule has 0 atom stereocenters. The van der Waals surface area contributed by atoms with E-state index in [1.54, 1.807) is 24.3 Å². The van der Waals surface area contributed by atoms with Crippen molar-refractivity contribution in [2.75, 3.05) is 41.3 Å². The highest BCUT2D eigenvalue weighted by atomic mass is 19.2. The molecule has 0 aliphatic carbocycles. The van der Waals surface area contributed by atoms with Crippen molar-refractivity contribution in [3.05, 3.63) is 92.8 Å². The van der Waals surface area contributed by atoms with Crippen LogP contribution in [-0.4, -0.2) is 37.0 Å². The zero-order chi connectivity index (χ0) is 26.1. The number of amides is 1. The summed E-state index contributed by atoms with van der Waals surface area (Å²) in [6.45, 7) is 2.10. The Labute approximate surface area is 201 Å². The van der Waals surface area contributed by atoms with E-state index in [-0.39, 0.29) is 37.4 Å². The predicted octanol–water partition coefficient (Wildman–Crippen LogP) is 5.18. The average molecular weight is 506 g/mol. The molecular formula is C24H19F5N4O3. The molecule has 0 aromatic heterocycles. The number of hydrogen-bond acceptors (Lipinski definition) is 5. The van der Waals surface area contributed by atoms with Crippen LogP contribution in [-0.2, 0) is 0 Å². The molecule has 12 heteroatoms. The van der Waals surface area contributed by atoms with Crippen molar-refractivity contribution in [1.29, 1.82) is 0 Å². The first-order valence-corrected chi connectivity index (χ1v) is 10.8. The normalized spacial score (nSPS) is 13.6. The monoisotopic (exact) mass is 506 g/mol. The number of nitro benzene ring substituents is 1. The molecule has 1 fully saturated rings. The topological polar surface area (TPSA) is 78.7 Å². The van der Waals surface area contributed by atoms with Crippen LogP contribution in [0, 0.1) is 46.1 Å². The maximum absolute atomic E-state index is 14.1. The minimum Gasteiger partial charge on any atom is -0.368 e. The zero-order valence-corrected chi connectivity index (χ0v) is 18.8. The molecule has 4 rings (SSSR count). The van der Waals surface area contributed by atoms with E-state index in [9.17, 15) is 36.9 Å². The van der Waals surface area contributed by atoms with E-state index in [0.717, 1.165) is 10.6 Å². The van der Waals surface area contributed by atoms with Gasteiger partial charge in [0.25, 0.3) is 11.6 Å². The quantitative estimate of drug-likeness (QED) is 0.170. The first kappa shape index (κ1) is 24.9. The first-order chi connectivity index (χ1) is 17.1. The summed E-state index contributed by atoms with van der Waals surface area (Å²) in [5.41, 5.74) is 0.789. The lowest BCUT2D eigenvalue weighted by atomic mass is 10.1. The summed E-state index contributed by atoms with van der Waals surface area (Å²) in [4.78, 5) is 25.9. The van der Waals surface area contributed by atoms with Gasteiger partial charge in [-0.3, -0.25) is 14.9 Å². The molecule has 3 aromatic carbocycles. The number of nitro groups is 1. The van der Waals surface area contributed by atoms with Crippen LogP contribution < -0.4 is 15.1 Å². The molecule has 1 heterocycles. The Morgan fingerprint density at radius 3 is 1.89 bits per heavy atom. The van der Waals surface area contributed by atoms with Crippen molar-refractivity contribution in [3.8, 4) is 0 Å². The predicted molar refractivity (Wildman–Crippen MR) is 123 cm³/mol. The molecule has 3 aromatic rings. The minimum atomic E-state index is -2.19. The molecule has 36 heavy (non-hydrogen) atoms. The van der Waals surface area contributed by atoms with Gasteiger partial charge in [0.05, 0.1) is 4.92 Å². The lowest BCUT2D eigenvalue weighted by Crippen LogP contribution is -2.47. The third-order valence-electron chi connectivity index (χ3n) is 5.93. The van der Waals surface area contributed by atoms with E-state index in [0.29, 0.717) is 11.3 Å². The Morgan fingerprint density at radius 2 is 1.36 bits per heavy atom. The molecule has 1 aliphatic heterocycles. The van der Waals surface area contributed by atoms with Gasteiger partial charge in [-0.15, -0.1) is 0 Å². The van der Waals surface area contributed by atoms with Crippen LogP contribution in [0.25, 0.3) is 0 Å². The van der Waals surface area contributed by atoms with Gasteiger partial charge in [0.15, 0.2) is 23.3 Å². The van der Waals surface area contributed by atoms with Crippen LogP contribution in [0.1, 0.15) is 15.9 Å². The first-order valence-electron chi connectivity index (χ1n) is 10.8. The lowest BCUT2D eigenvalue weighted by Gasteiger charge is -2.37. The van der Waals surface area contributed by atoms with Crippen molar-refractivity contribution < 1.29 is 31.7 Å². The van der Waals surface area contributed by atoms with Gasteiger partial charge >= 0.3 is 0 Å². The van der Waals surface area contributed by atoms with Crippen molar-refractivity contribution in [3.63, 3.8) is 0 Å². The van der Waals surface area contributed by atoms with Gasteiger partial charge in [-0.05, 0) is 43.3 Å². The molecule has 0 spiro atoms. The molecule has 1 aliphatic rings. The molecule has 1 amide bonds. The molecule has 1 N–H and O–H groups in total. The fourth-order valence-electron chi connectivity index (χ4n) is 4.02. The van der Waals surface area contributed by atoms with E-state index < -0.39 is 45.6 Å². The van der Waals surface area contributed by atoms with Crippen LogP contribution in [0.4, 0.5) is 44.7 Å². The smallest absolute Gasteiger partial charge is 0.272 e. The third kappa shape index (κ3) is 4.66. The van der Waals surface area contributed by atoms with Gasteiger partial charge in [0, 0.05) is 54.7 Å². The maximum atomic E-state index is 14.1. The molecule has 188 valence electrons. The summed E-state index contributed by atoms with van der Waals surface area (Å²) < 4.78 is 68.6. The van der Waals surface area contributed by atoms with E-state index >= 15 is 0 Å². The molecular weight excluding hydrogens is 487 g/mol. The number of nitrogens with zero attached hydrogens (tertiary/aromatic N) is 3. The van der Waals surface area contributed by atoms with E-state index in [1.807, 2.05) is 4.90 Å². The van der Waals surface area contributed by atoms with E-state index in [1.165, 1.54) is 25.1 Å². The zero-order valence-electron chi connectivity index (χ0n) is 18.8. The second-order valence-electron chi connectivity index (χ2n) is 8.15. The van der Waals surface area contributed by atoms with Gasteiger partial charge in [0.1, 0.15) is 5.69 Å². The van der Waals surface area contributed by atoms with Gasteiger partial charge in [-0.2, -0.15) is 0 Å². The van der Waals surface area contributed by atoms with Crippen LogP contribution >= 0.6 is 0 Å². The Bertz CT molecular complexity index is 1310. The number of benzene rings is 3. The van der Waals surface area contributed by atoms with Gasteiger partial charge in [0.2, 0.25) is 5.82 Å².